The van der Waals surface area contributed by atoms with Crippen LogP contribution in [-0.4, -0.2) is 61.4 Å². The van der Waals surface area contributed by atoms with E-state index in [-0.39, 0.29) is 0 Å². The molecule has 1 aromatic carbocycles. The SMILES string of the molecule is Clc1ccc(-c2n[nH]c(C3CCC(N4CCCCC4)CC3)c2-c2ccncn2)cc1.O=C(O)C(F)(F)F. The fourth-order valence-corrected chi connectivity index (χ4v) is 5.30. The number of aliphatic carboxylic acids is 1. The van der Waals surface area contributed by atoms with Gasteiger partial charge in [0.2, 0.25) is 0 Å². The lowest BCUT2D eigenvalue weighted by Gasteiger charge is -2.38. The van der Waals surface area contributed by atoms with Gasteiger partial charge in [0.25, 0.3) is 0 Å². The molecule has 37 heavy (non-hydrogen) atoms. The van der Waals surface area contributed by atoms with E-state index in [1.54, 1.807) is 12.5 Å². The zero-order chi connectivity index (χ0) is 26.4. The zero-order valence-electron chi connectivity index (χ0n) is 20.2. The molecular formula is C26H29ClF3N5O2. The van der Waals surface area contributed by atoms with E-state index in [1.807, 2.05) is 30.3 Å². The number of carbonyl (C=O) groups is 1. The Labute approximate surface area is 218 Å². The van der Waals surface area contributed by atoms with E-state index < -0.39 is 12.1 Å². The van der Waals surface area contributed by atoms with Gasteiger partial charge in [-0.25, -0.2) is 14.8 Å². The van der Waals surface area contributed by atoms with Crippen LogP contribution in [-0.2, 0) is 4.79 Å². The number of halogens is 4. The fraction of sp³-hybridized carbons (Fsp3) is 0.462. The highest BCUT2D eigenvalue weighted by molar-refractivity contribution is 6.30. The van der Waals surface area contributed by atoms with Crippen molar-refractivity contribution < 1.29 is 23.1 Å². The van der Waals surface area contributed by atoms with E-state index in [0.717, 1.165) is 33.6 Å². The topological polar surface area (TPSA) is 95.0 Å². The molecule has 0 spiro atoms. The lowest BCUT2D eigenvalue weighted by molar-refractivity contribution is -0.192. The number of aromatic amines is 1. The van der Waals surface area contributed by atoms with Crippen molar-refractivity contribution in [2.24, 2.45) is 0 Å². The molecule has 2 aromatic heterocycles. The van der Waals surface area contributed by atoms with Gasteiger partial charge in [0.1, 0.15) is 12.0 Å². The van der Waals surface area contributed by atoms with Gasteiger partial charge in [-0.1, -0.05) is 30.2 Å². The molecule has 0 atom stereocenters. The molecule has 2 fully saturated rings. The van der Waals surface area contributed by atoms with E-state index in [4.69, 9.17) is 26.6 Å². The summed E-state index contributed by atoms with van der Waals surface area (Å²) >= 11 is 6.11. The van der Waals surface area contributed by atoms with Crippen LogP contribution in [0.5, 0.6) is 0 Å². The predicted molar refractivity (Wildman–Crippen MR) is 134 cm³/mol. The zero-order valence-corrected chi connectivity index (χ0v) is 21.0. The maximum absolute atomic E-state index is 10.6. The van der Waals surface area contributed by atoms with Crippen molar-refractivity contribution in [1.29, 1.82) is 0 Å². The number of alkyl halides is 3. The van der Waals surface area contributed by atoms with E-state index >= 15 is 0 Å². The van der Waals surface area contributed by atoms with Crippen molar-refractivity contribution in [1.82, 2.24) is 25.1 Å². The van der Waals surface area contributed by atoms with Crippen molar-refractivity contribution in [2.75, 3.05) is 13.1 Å². The van der Waals surface area contributed by atoms with Gasteiger partial charge in [-0.3, -0.25) is 5.10 Å². The number of carboxylic acids is 1. The molecule has 1 aliphatic heterocycles. The molecule has 11 heteroatoms. The number of likely N-dealkylation sites (tertiary alicyclic amines) is 1. The molecule has 3 aromatic rings. The second kappa shape index (κ2) is 12.0. The van der Waals surface area contributed by atoms with Crippen LogP contribution in [0.15, 0.2) is 42.9 Å². The summed E-state index contributed by atoms with van der Waals surface area (Å²) in [6, 6.07) is 10.6. The number of hydrogen-bond acceptors (Lipinski definition) is 5. The number of nitrogens with zero attached hydrogens (tertiary/aromatic N) is 4. The van der Waals surface area contributed by atoms with Crippen molar-refractivity contribution in [3.63, 3.8) is 0 Å². The lowest BCUT2D eigenvalue weighted by atomic mass is 9.81. The van der Waals surface area contributed by atoms with Gasteiger partial charge in [0.05, 0.1) is 5.69 Å². The number of nitrogens with one attached hydrogen (secondary N) is 1. The average molecular weight is 536 g/mol. The summed E-state index contributed by atoms with van der Waals surface area (Å²) in [5, 5.41) is 16.0. The third kappa shape index (κ3) is 6.87. The minimum Gasteiger partial charge on any atom is -0.475 e. The number of benzene rings is 1. The summed E-state index contributed by atoms with van der Waals surface area (Å²) in [4.78, 5) is 20.3. The lowest BCUT2D eigenvalue weighted by Crippen LogP contribution is -2.41. The molecule has 198 valence electrons. The van der Waals surface area contributed by atoms with Gasteiger partial charge < -0.3 is 10.0 Å². The van der Waals surface area contributed by atoms with Gasteiger partial charge in [-0.05, 0) is 69.8 Å². The van der Waals surface area contributed by atoms with Crippen LogP contribution in [0.2, 0.25) is 5.02 Å². The molecule has 0 unspecified atom stereocenters. The fourth-order valence-electron chi connectivity index (χ4n) is 5.18. The Bertz CT molecular complexity index is 1160. The first kappa shape index (κ1) is 27.1. The van der Waals surface area contributed by atoms with Crippen molar-refractivity contribution >= 4 is 17.6 Å². The number of carboxylic acid groups (broad SMARTS) is 1. The molecule has 3 heterocycles. The number of H-pyrrole nitrogens is 1. The summed E-state index contributed by atoms with van der Waals surface area (Å²) in [5.41, 5.74) is 5.25. The molecule has 2 N–H and O–H groups in total. The van der Waals surface area contributed by atoms with Crippen LogP contribution in [0.1, 0.15) is 56.6 Å². The monoisotopic (exact) mass is 535 g/mol. The molecule has 1 saturated heterocycles. The maximum atomic E-state index is 10.6. The van der Waals surface area contributed by atoms with Gasteiger partial charge in [0.15, 0.2) is 0 Å². The first-order valence-electron chi connectivity index (χ1n) is 12.4. The molecular weight excluding hydrogens is 507 g/mol. The van der Waals surface area contributed by atoms with Crippen LogP contribution in [0, 0.1) is 0 Å². The normalized spacial score (nSPS) is 20.6. The van der Waals surface area contributed by atoms with Gasteiger partial charge in [-0.15, -0.1) is 0 Å². The summed E-state index contributed by atoms with van der Waals surface area (Å²) in [6.07, 6.45) is 7.39. The Morgan fingerprint density at radius 3 is 2.24 bits per heavy atom. The van der Waals surface area contributed by atoms with E-state index in [9.17, 15) is 13.2 Å². The second-order valence-electron chi connectivity index (χ2n) is 9.37. The Kier molecular flexibility index (Phi) is 8.81. The molecule has 0 radical (unpaired) electrons. The number of hydrogen-bond donors (Lipinski definition) is 2. The van der Waals surface area contributed by atoms with E-state index in [0.29, 0.717) is 5.92 Å². The first-order chi connectivity index (χ1) is 17.7. The molecule has 2 aliphatic rings. The van der Waals surface area contributed by atoms with Crippen LogP contribution in [0.25, 0.3) is 22.5 Å². The summed E-state index contributed by atoms with van der Waals surface area (Å²) in [5.74, 6) is -2.27. The highest BCUT2D eigenvalue weighted by Crippen LogP contribution is 2.42. The van der Waals surface area contributed by atoms with Gasteiger partial charge in [-0.2, -0.15) is 18.3 Å². The number of rotatable bonds is 4. The molecule has 0 amide bonds. The van der Waals surface area contributed by atoms with E-state index in [2.05, 4.69) is 20.0 Å². The standard InChI is InChI=1S/C24H28ClN5.C2HF3O2/c25-19-8-4-17(5-9-19)23-22(21-12-13-26-16-27-21)24(29-28-23)18-6-10-20(11-7-18)30-14-2-1-3-15-30;3-2(4,5)1(6)7/h4-5,8-9,12-13,16,18,20H,1-3,6-7,10-11,14-15H2,(H,28,29);(H,6,7). The quantitative estimate of drug-likeness (QED) is 0.405. The van der Waals surface area contributed by atoms with Crippen molar-refractivity contribution in [2.45, 2.75) is 63.1 Å². The molecule has 1 aliphatic carbocycles. The molecule has 7 nitrogen and oxygen atoms in total. The minimum atomic E-state index is -5.08. The highest BCUT2D eigenvalue weighted by Gasteiger charge is 2.38. The van der Waals surface area contributed by atoms with E-state index in [1.165, 1.54) is 63.7 Å². The highest BCUT2D eigenvalue weighted by atomic mass is 35.5. The third-order valence-electron chi connectivity index (χ3n) is 7.00. The number of aromatic nitrogens is 4. The molecule has 1 saturated carbocycles. The maximum Gasteiger partial charge on any atom is 0.490 e. The van der Waals surface area contributed by atoms with Crippen LogP contribution in [0.4, 0.5) is 13.2 Å². The van der Waals surface area contributed by atoms with Crippen molar-refractivity contribution in [3.8, 4) is 22.5 Å². The Morgan fingerprint density at radius 1 is 1.03 bits per heavy atom. The minimum absolute atomic E-state index is 0.490. The molecule has 5 rings (SSSR count). The smallest absolute Gasteiger partial charge is 0.475 e. The van der Waals surface area contributed by atoms with Crippen LogP contribution < -0.4 is 0 Å². The number of piperidine rings is 1. The first-order valence-corrected chi connectivity index (χ1v) is 12.8. The predicted octanol–water partition coefficient (Wildman–Crippen LogP) is 6.33. The Balaban J connectivity index is 0.000000405. The van der Waals surface area contributed by atoms with Gasteiger partial charge >= 0.3 is 12.1 Å². The Morgan fingerprint density at radius 2 is 1.68 bits per heavy atom. The van der Waals surface area contributed by atoms with Crippen LogP contribution >= 0.6 is 11.6 Å². The molecule has 0 bridgehead atoms. The summed E-state index contributed by atoms with van der Waals surface area (Å²) in [7, 11) is 0. The summed E-state index contributed by atoms with van der Waals surface area (Å²) < 4.78 is 31.7. The average Bonchev–Trinajstić information content (AvgIpc) is 3.35. The third-order valence-corrected chi connectivity index (χ3v) is 7.26. The Hall–Kier alpha value is -2.98. The second-order valence-corrected chi connectivity index (χ2v) is 9.80. The summed E-state index contributed by atoms with van der Waals surface area (Å²) in [6.45, 7) is 2.57. The van der Waals surface area contributed by atoms with Gasteiger partial charge in [0, 0.05) is 40.0 Å². The van der Waals surface area contributed by atoms with Crippen molar-refractivity contribution in [3.05, 3.63) is 53.6 Å². The largest absolute Gasteiger partial charge is 0.490 e. The van der Waals surface area contributed by atoms with Crippen LogP contribution in [0.3, 0.4) is 0 Å².